The number of para-hydroxylation sites is 1. The molecule has 4 rings (SSSR count). The number of likely N-dealkylation sites (tertiary alicyclic amines) is 1. The van der Waals surface area contributed by atoms with E-state index >= 15 is 0 Å². The summed E-state index contributed by atoms with van der Waals surface area (Å²) in [6.07, 6.45) is 8.46. The molecular weight excluding hydrogens is 428 g/mol. The molecule has 7 heteroatoms. The first kappa shape index (κ1) is 24.3. The minimum Gasteiger partial charge on any atom is -0.491 e. The van der Waals surface area contributed by atoms with Gasteiger partial charge in [-0.2, -0.15) is 5.10 Å². The van der Waals surface area contributed by atoms with Gasteiger partial charge < -0.3 is 14.5 Å². The van der Waals surface area contributed by atoms with Crippen LogP contribution in [-0.2, 0) is 29.5 Å². The molecule has 1 spiro atoms. The fourth-order valence-electron chi connectivity index (χ4n) is 5.45. The van der Waals surface area contributed by atoms with E-state index in [1.54, 1.807) is 0 Å². The molecule has 0 saturated carbocycles. The summed E-state index contributed by atoms with van der Waals surface area (Å²) in [5.74, 6) is 1.23. The molecule has 0 radical (unpaired) electrons. The average molecular weight is 467 g/mol. The molecule has 34 heavy (non-hydrogen) atoms. The predicted molar refractivity (Wildman–Crippen MR) is 132 cm³/mol. The number of carbonyl (C=O) groups excluding carboxylic acids is 2. The molecule has 1 aromatic carbocycles. The second-order valence-corrected chi connectivity index (χ2v) is 9.97. The zero-order valence-corrected chi connectivity index (χ0v) is 20.9. The van der Waals surface area contributed by atoms with E-state index in [2.05, 4.69) is 17.2 Å². The third-order valence-electron chi connectivity index (χ3n) is 7.68. The van der Waals surface area contributed by atoms with Crippen molar-refractivity contribution in [3.8, 4) is 5.75 Å². The number of aromatic nitrogens is 2. The van der Waals surface area contributed by atoms with Crippen LogP contribution in [0.25, 0.3) is 0 Å². The Bertz CT molecular complexity index is 1020. The Balaban J connectivity index is 1.45. The molecular formula is C27H38N4O3. The summed E-state index contributed by atoms with van der Waals surface area (Å²) in [5.41, 5.74) is 2.95. The number of ether oxygens (including phenoxy) is 1. The van der Waals surface area contributed by atoms with Gasteiger partial charge in [-0.15, -0.1) is 0 Å². The fourth-order valence-corrected chi connectivity index (χ4v) is 5.45. The molecule has 2 amide bonds. The molecule has 2 aliphatic rings. The van der Waals surface area contributed by atoms with Gasteiger partial charge in [0.25, 0.3) is 0 Å². The summed E-state index contributed by atoms with van der Waals surface area (Å²) in [5, 5.41) is 4.29. The molecule has 1 fully saturated rings. The maximum Gasteiger partial charge on any atom is 0.230 e. The van der Waals surface area contributed by atoms with Crippen molar-refractivity contribution in [2.45, 2.75) is 58.3 Å². The van der Waals surface area contributed by atoms with Gasteiger partial charge in [0.1, 0.15) is 12.4 Å². The Morgan fingerprint density at radius 3 is 2.71 bits per heavy atom. The third-order valence-corrected chi connectivity index (χ3v) is 7.68. The van der Waals surface area contributed by atoms with Crippen LogP contribution in [0.5, 0.6) is 5.75 Å². The van der Waals surface area contributed by atoms with E-state index in [1.807, 2.05) is 53.8 Å². The highest BCUT2D eigenvalue weighted by Crippen LogP contribution is 2.38. The minimum absolute atomic E-state index is 0.140. The number of nitrogens with zero attached hydrogens (tertiary/aromatic N) is 4. The second-order valence-electron chi connectivity index (χ2n) is 9.97. The normalized spacial score (nSPS) is 22.0. The second kappa shape index (κ2) is 10.6. The topological polar surface area (TPSA) is 67.7 Å². The number of amides is 2. The summed E-state index contributed by atoms with van der Waals surface area (Å²) in [7, 11) is 3.79. The SMILES string of the molecule is Cc1c(CCC(=O)N2CCCC3(CCCCc4ccccc4OCCN(C)C3=O)C2)cnn1C. The zero-order chi connectivity index (χ0) is 24.1. The molecule has 7 nitrogen and oxygen atoms in total. The van der Waals surface area contributed by atoms with E-state index in [0.29, 0.717) is 32.5 Å². The van der Waals surface area contributed by atoms with Gasteiger partial charge in [-0.25, -0.2) is 0 Å². The van der Waals surface area contributed by atoms with Gasteiger partial charge in [-0.05, 0) is 62.6 Å². The van der Waals surface area contributed by atoms with Crippen LogP contribution >= 0.6 is 0 Å². The standard InChI is InChI=1S/C27H38N4O3/c1-21-23(19-28-30(21)3)12-13-25(32)31-16-8-15-27(20-31)14-7-6-10-22-9-4-5-11-24(22)34-18-17-29(2)26(27)33/h4-5,9,11,19H,6-8,10,12-18,20H2,1-3H3. The van der Waals surface area contributed by atoms with E-state index < -0.39 is 5.41 Å². The Hall–Kier alpha value is -2.83. The number of likely N-dealkylation sites (N-methyl/N-ethyl adjacent to an activating group) is 1. The highest BCUT2D eigenvalue weighted by Gasteiger charge is 2.44. The smallest absolute Gasteiger partial charge is 0.230 e. The van der Waals surface area contributed by atoms with Crippen LogP contribution < -0.4 is 4.74 Å². The van der Waals surface area contributed by atoms with Crippen molar-refractivity contribution < 1.29 is 14.3 Å². The quantitative estimate of drug-likeness (QED) is 0.694. The van der Waals surface area contributed by atoms with Gasteiger partial charge in [0.15, 0.2) is 0 Å². The highest BCUT2D eigenvalue weighted by atomic mass is 16.5. The van der Waals surface area contributed by atoms with Gasteiger partial charge >= 0.3 is 0 Å². The number of piperidine rings is 1. The van der Waals surface area contributed by atoms with Gasteiger partial charge in [0.2, 0.25) is 11.8 Å². The monoisotopic (exact) mass is 466 g/mol. The van der Waals surface area contributed by atoms with Crippen LogP contribution in [0.3, 0.4) is 0 Å². The molecule has 0 bridgehead atoms. The van der Waals surface area contributed by atoms with Crippen LogP contribution in [0, 0.1) is 12.3 Å². The molecule has 0 aliphatic carbocycles. The number of rotatable bonds is 3. The van der Waals surface area contributed by atoms with Crippen molar-refractivity contribution >= 4 is 11.8 Å². The highest BCUT2D eigenvalue weighted by molar-refractivity contribution is 5.84. The van der Waals surface area contributed by atoms with Crippen molar-refractivity contribution in [1.29, 1.82) is 0 Å². The maximum atomic E-state index is 13.7. The number of fused-ring (bicyclic) bond motifs is 1. The first-order valence-corrected chi connectivity index (χ1v) is 12.6. The van der Waals surface area contributed by atoms with E-state index in [1.165, 1.54) is 5.56 Å². The lowest BCUT2D eigenvalue weighted by molar-refractivity contribution is -0.149. The first-order chi connectivity index (χ1) is 16.4. The Morgan fingerprint density at radius 1 is 1.12 bits per heavy atom. The molecule has 1 atom stereocenters. The maximum absolute atomic E-state index is 13.7. The Labute approximate surface area is 203 Å². The van der Waals surface area contributed by atoms with Crippen molar-refractivity contribution in [2.24, 2.45) is 12.5 Å². The lowest BCUT2D eigenvalue weighted by Gasteiger charge is -2.44. The summed E-state index contributed by atoms with van der Waals surface area (Å²) in [6, 6.07) is 8.21. The van der Waals surface area contributed by atoms with Crippen molar-refractivity contribution in [3.63, 3.8) is 0 Å². The van der Waals surface area contributed by atoms with E-state index in [0.717, 1.165) is 62.1 Å². The van der Waals surface area contributed by atoms with E-state index in [-0.39, 0.29) is 11.8 Å². The number of hydrogen-bond acceptors (Lipinski definition) is 4. The summed E-state index contributed by atoms with van der Waals surface area (Å²) in [4.78, 5) is 30.6. The third kappa shape index (κ3) is 5.29. The number of carbonyl (C=O) groups is 2. The van der Waals surface area contributed by atoms with Gasteiger partial charge in [-0.1, -0.05) is 24.6 Å². The molecule has 2 aromatic rings. The van der Waals surface area contributed by atoms with Crippen LogP contribution in [0.2, 0.25) is 0 Å². The number of hydrogen-bond donors (Lipinski definition) is 0. The average Bonchev–Trinajstić information content (AvgIpc) is 3.17. The van der Waals surface area contributed by atoms with Gasteiger partial charge in [-0.3, -0.25) is 14.3 Å². The molecule has 2 aliphatic heterocycles. The number of aryl methyl sites for hydroxylation is 3. The summed E-state index contributed by atoms with van der Waals surface area (Å²) >= 11 is 0. The fraction of sp³-hybridized carbons (Fsp3) is 0.593. The van der Waals surface area contributed by atoms with E-state index in [9.17, 15) is 9.59 Å². The minimum atomic E-state index is -0.494. The van der Waals surface area contributed by atoms with Gasteiger partial charge in [0.05, 0.1) is 18.2 Å². The zero-order valence-electron chi connectivity index (χ0n) is 20.9. The van der Waals surface area contributed by atoms with Crippen LogP contribution in [0.1, 0.15) is 55.3 Å². The van der Waals surface area contributed by atoms with Crippen molar-refractivity contribution in [1.82, 2.24) is 19.6 Å². The van der Waals surface area contributed by atoms with Gasteiger partial charge in [0, 0.05) is 39.3 Å². The van der Waals surface area contributed by atoms with Crippen LogP contribution in [-0.4, -0.2) is 64.7 Å². The molecule has 1 saturated heterocycles. The van der Waals surface area contributed by atoms with Crippen LogP contribution in [0.15, 0.2) is 30.5 Å². The summed E-state index contributed by atoms with van der Waals surface area (Å²) < 4.78 is 7.88. The lowest BCUT2D eigenvalue weighted by atomic mass is 9.74. The predicted octanol–water partition coefficient (Wildman–Crippen LogP) is 3.53. The van der Waals surface area contributed by atoms with Crippen molar-refractivity contribution in [2.75, 3.05) is 33.3 Å². The summed E-state index contributed by atoms with van der Waals surface area (Å²) in [6.45, 7) is 4.31. The Morgan fingerprint density at radius 2 is 1.91 bits per heavy atom. The Kier molecular flexibility index (Phi) is 7.59. The van der Waals surface area contributed by atoms with Crippen molar-refractivity contribution in [3.05, 3.63) is 47.3 Å². The molecule has 184 valence electrons. The largest absolute Gasteiger partial charge is 0.491 e. The van der Waals surface area contributed by atoms with E-state index in [4.69, 9.17) is 4.74 Å². The first-order valence-electron chi connectivity index (χ1n) is 12.6. The molecule has 0 N–H and O–H groups in total. The van der Waals surface area contributed by atoms with Crippen LogP contribution in [0.4, 0.5) is 0 Å². The lowest BCUT2D eigenvalue weighted by Crippen LogP contribution is -2.54. The molecule has 3 heterocycles. The molecule has 1 aromatic heterocycles. The molecule has 1 unspecified atom stereocenters. The number of benzene rings is 1.